The number of thiazole rings is 1. The fraction of sp³-hybridized carbons (Fsp3) is 0.231. The van der Waals surface area contributed by atoms with Crippen LogP contribution in [0.3, 0.4) is 0 Å². The first-order valence-electron chi connectivity index (χ1n) is 5.59. The molecule has 0 bridgehead atoms. The van der Waals surface area contributed by atoms with E-state index in [0.29, 0.717) is 22.9 Å². The molecule has 2 aromatic rings. The van der Waals surface area contributed by atoms with Crippen LogP contribution in [0.4, 0.5) is 5.69 Å². The van der Waals surface area contributed by atoms with E-state index in [1.807, 2.05) is 6.92 Å². The van der Waals surface area contributed by atoms with E-state index in [9.17, 15) is 4.79 Å². The lowest BCUT2D eigenvalue weighted by atomic mass is 10.2. The molecule has 0 saturated carbocycles. The van der Waals surface area contributed by atoms with Crippen molar-refractivity contribution in [1.29, 1.82) is 0 Å². The van der Waals surface area contributed by atoms with Gasteiger partial charge in [-0.1, -0.05) is 0 Å². The third kappa shape index (κ3) is 2.85. The maximum absolute atomic E-state index is 12.1. The van der Waals surface area contributed by atoms with Crippen LogP contribution in [0.5, 0.6) is 11.5 Å². The quantitative estimate of drug-likeness (QED) is 0.934. The summed E-state index contributed by atoms with van der Waals surface area (Å²) in [6.07, 6.45) is 0. The molecule has 0 unspecified atom stereocenters. The Morgan fingerprint density at radius 1 is 1.32 bits per heavy atom. The molecule has 2 rings (SSSR count). The first-order chi connectivity index (χ1) is 9.15. The van der Waals surface area contributed by atoms with E-state index in [4.69, 9.17) is 9.47 Å². The van der Waals surface area contributed by atoms with Gasteiger partial charge < -0.3 is 14.8 Å². The van der Waals surface area contributed by atoms with Crippen molar-refractivity contribution in [2.24, 2.45) is 0 Å². The molecule has 1 amide bonds. The molecule has 0 aliphatic carbocycles. The number of ether oxygens (including phenoxy) is 2. The molecule has 1 N–H and O–H groups in total. The van der Waals surface area contributed by atoms with Crippen molar-refractivity contribution >= 4 is 22.9 Å². The number of nitrogens with zero attached hydrogens (tertiary/aromatic N) is 1. The predicted molar refractivity (Wildman–Crippen MR) is 74.4 cm³/mol. The Balaban J connectivity index is 2.27. The zero-order valence-electron chi connectivity index (χ0n) is 10.9. The van der Waals surface area contributed by atoms with Crippen LogP contribution in [0.2, 0.25) is 0 Å². The Labute approximate surface area is 115 Å². The van der Waals surface area contributed by atoms with Crippen LogP contribution in [0.15, 0.2) is 23.7 Å². The summed E-state index contributed by atoms with van der Waals surface area (Å²) in [5.41, 5.74) is 2.63. The number of carbonyl (C=O) groups excluding carboxylic acids is 1. The maximum atomic E-state index is 12.1. The van der Waals surface area contributed by atoms with Gasteiger partial charge in [0.1, 0.15) is 17.2 Å². The number of aryl methyl sites for hydroxylation is 1. The summed E-state index contributed by atoms with van der Waals surface area (Å²) in [7, 11) is 3.11. The molecule has 100 valence electrons. The second-order valence-corrected chi connectivity index (χ2v) is 4.84. The first kappa shape index (κ1) is 13.4. The molecule has 0 aliphatic heterocycles. The number of aromatic nitrogens is 1. The van der Waals surface area contributed by atoms with Crippen LogP contribution in [0.1, 0.15) is 15.4 Å². The number of hydrogen-bond acceptors (Lipinski definition) is 5. The van der Waals surface area contributed by atoms with Crippen molar-refractivity contribution < 1.29 is 14.3 Å². The number of hydrogen-bond donors (Lipinski definition) is 1. The van der Waals surface area contributed by atoms with Crippen molar-refractivity contribution in [2.75, 3.05) is 19.5 Å². The van der Waals surface area contributed by atoms with Gasteiger partial charge >= 0.3 is 0 Å². The molecule has 0 fully saturated rings. The summed E-state index contributed by atoms with van der Waals surface area (Å²) in [4.78, 5) is 17.0. The summed E-state index contributed by atoms with van der Waals surface area (Å²) in [5.74, 6) is 0.957. The van der Waals surface area contributed by atoms with E-state index in [1.165, 1.54) is 11.3 Å². The second-order valence-electron chi connectivity index (χ2n) is 3.78. The summed E-state index contributed by atoms with van der Waals surface area (Å²) >= 11 is 1.43. The molecule has 1 aromatic heterocycles. The smallest absolute Gasteiger partial charge is 0.275 e. The normalized spacial score (nSPS) is 10.1. The van der Waals surface area contributed by atoms with Crippen LogP contribution in [0, 0.1) is 6.92 Å². The zero-order chi connectivity index (χ0) is 13.8. The molecule has 0 radical (unpaired) electrons. The predicted octanol–water partition coefficient (Wildman–Crippen LogP) is 2.72. The highest BCUT2D eigenvalue weighted by molar-refractivity contribution is 7.09. The Kier molecular flexibility index (Phi) is 4.01. The van der Waals surface area contributed by atoms with Crippen molar-refractivity contribution in [3.05, 3.63) is 34.3 Å². The van der Waals surface area contributed by atoms with Crippen molar-refractivity contribution in [3.63, 3.8) is 0 Å². The van der Waals surface area contributed by atoms with E-state index < -0.39 is 0 Å². The van der Waals surface area contributed by atoms with Gasteiger partial charge in [0.05, 0.1) is 25.4 Å². The number of amides is 1. The van der Waals surface area contributed by atoms with Gasteiger partial charge in [-0.25, -0.2) is 4.98 Å². The van der Waals surface area contributed by atoms with Crippen LogP contribution in [-0.4, -0.2) is 25.1 Å². The van der Waals surface area contributed by atoms with Crippen LogP contribution in [-0.2, 0) is 0 Å². The molecular weight excluding hydrogens is 264 g/mol. The summed E-state index contributed by atoms with van der Waals surface area (Å²) < 4.78 is 10.3. The molecule has 0 spiro atoms. The Hall–Kier alpha value is -2.08. The minimum Gasteiger partial charge on any atom is -0.497 e. The molecule has 0 atom stereocenters. The second kappa shape index (κ2) is 5.71. The lowest BCUT2D eigenvalue weighted by molar-refractivity contribution is 0.102. The lowest BCUT2D eigenvalue weighted by Gasteiger charge is -2.11. The van der Waals surface area contributed by atoms with Gasteiger partial charge in [-0.15, -0.1) is 11.3 Å². The van der Waals surface area contributed by atoms with Gasteiger partial charge in [0.15, 0.2) is 0 Å². The molecule has 6 heteroatoms. The molecule has 1 heterocycles. The summed E-state index contributed by atoms with van der Waals surface area (Å²) in [6.45, 7) is 1.86. The molecular formula is C13H14N2O3S. The van der Waals surface area contributed by atoms with Crippen molar-refractivity contribution in [1.82, 2.24) is 4.98 Å². The standard InChI is InChI=1S/C13H14N2O3S/c1-8-12(14-7-19-8)13(16)15-10-6-9(17-2)4-5-11(10)18-3/h4-7H,1-3H3,(H,15,16). The highest BCUT2D eigenvalue weighted by Gasteiger charge is 2.14. The Morgan fingerprint density at radius 2 is 2.11 bits per heavy atom. The van der Waals surface area contributed by atoms with Crippen LogP contribution >= 0.6 is 11.3 Å². The van der Waals surface area contributed by atoms with E-state index in [0.717, 1.165) is 4.88 Å². The van der Waals surface area contributed by atoms with Gasteiger partial charge in [-0.3, -0.25) is 4.79 Å². The first-order valence-corrected chi connectivity index (χ1v) is 6.47. The molecule has 1 aromatic carbocycles. The minimum atomic E-state index is -0.259. The third-order valence-electron chi connectivity index (χ3n) is 2.61. The minimum absolute atomic E-state index is 0.259. The van der Waals surface area contributed by atoms with Gasteiger partial charge in [0.25, 0.3) is 5.91 Å². The SMILES string of the molecule is COc1ccc(OC)c(NC(=O)c2ncsc2C)c1. The maximum Gasteiger partial charge on any atom is 0.275 e. The largest absolute Gasteiger partial charge is 0.497 e. The number of methoxy groups -OCH3 is 2. The molecule has 0 aliphatic rings. The molecule has 19 heavy (non-hydrogen) atoms. The molecule has 5 nitrogen and oxygen atoms in total. The third-order valence-corrected chi connectivity index (χ3v) is 3.37. The molecule has 0 saturated heterocycles. The van der Waals surface area contributed by atoms with E-state index in [2.05, 4.69) is 10.3 Å². The van der Waals surface area contributed by atoms with Gasteiger partial charge in [0, 0.05) is 10.9 Å². The number of nitrogens with one attached hydrogen (secondary N) is 1. The number of carbonyl (C=O) groups is 1. The van der Waals surface area contributed by atoms with Gasteiger partial charge in [-0.2, -0.15) is 0 Å². The lowest BCUT2D eigenvalue weighted by Crippen LogP contribution is -2.14. The Bertz CT molecular complexity index is 595. The average molecular weight is 278 g/mol. The van der Waals surface area contributed by atoms with Crippen molar-refractivity contribution in [3.8, 4) is 11.5 Å². The van der Waals surface area contributed by atoms with E-state index >= 15 is 0 Å². The number of rotatable bonds is 4. The Morgan fingerprint density at radius 3 is 2.68 bits per heavy atom. The fourth-order valence-electron chi connectivity index (χ4n) is 1.62. The fourth-order valence-corrected chi connectivity index (χ4v) is 2.19. The van der Waals surface area contributed by atoms with Gasteiger partial charge in [0.2, 0.25) is 0 Å². The number of anilines is 1. The average Bonchev–Trinajstić information content (AvgIpc) is 2.85. The number of benzene rings is 1. The topological polar surface area (TPSA) is 60.5 Å². The summed E-state index contributed by atoms with van der Waals surface area (Å²) in [5, 5.41) is 2.78. The van der Waals surface area contributed by atoms with Crippen LogP contribution in [0.25, 0.3) is 0 Å². The summed E-state index contributed by atoms with van der Waals surface area (Å²) in [6, 6.07) is 5.21. The van der Waals surface area contributed by atoms with E-state index in [-0.39, 0.29) is 5.91 Å². The van der Waals surface area contributed by atoms with E-state index in [1.54, 1.807) is 37.9 Å². The van der Waals surface area contributed by atoms with Crippen LogP contribution < -0.4 is 14.8 Å². The highest BCUT2D eigenvalue weighted by Crippen LogP contribution is 2.29. The van der Waals surface area contributed by atoms with Gasteiger partial charge in [-0.05, 0) is 19.1 Å². The van der Waals surface area contributed by atoms with Crippen molar-refractivity contribution in [2.45, 2.75) is 6.92 Å². The zero-order valence-corrected chi connectivity index (χ0v) is 11.7. The monoisotopic (exact) mass is 278 g/mol. The highest BCUT2D eigenvalue weighted by atomic mass is 32.1.